The van der Waals surface area contributed by atoms with Gasteiger partial charge in [0.2, 0.25) is 0 Å². The number of piperidine rings is 1. The summed E-state index contributed by atoms with van der Waals surface area (Å²) in [4.78, 5) is 13.8. The molecule has 0 aromatic heterocycles. The highest BCUT2D eigenvalue weighted by Crippen LogP contribution is 2.26. The SMILES string of the molecule is CC.N#Cc1ccc2c(c1)CC[C@@H](N1CCC(=O)CC1)C2. The second-order valence-electron chi connectivity index (χ2n) is 5.57. The second-order valence-corrected chi connectivity index (χ2v) is 5.57. The van der Waals surface area contributed by atoms with Gasteiger partial charge in [0, 0.05) is 32.0 Å². The Kier molecular flexibility index (Phi) is 5.52. The first-order valence-electron chi connectivity index (χ1n) is 8.04. The number of ketones is 1. The van der Waals surface area contributed by atoms with Crippen molar-refractivity contribution in [2.75, 3.05) is 13.1 Å². The maximum absolute atomic E-state index is 11.3. The van der Waals surface area contributed by atoms with Crippen LogP contribution in [0.5, 0.6) is 0 Å². The smallest absolute Gasteiger partial charge is 0.135 e. The zero-order chi connectivity index (χ0) is 15.2. The van der Waals surface area contributed by atoms with Crippen molar-refractivity contribution in [3.63, 3.8) is 0 Å². The summed E-state index contributed by atoms with van der Waals surface area (Å²) in [6.07, 6.45) is 4.71. The molecule has 0 radical (unpaired) electrons. The zero-order valence-electron chi connectivity index (χ0n) is 13.1. The first-order valence-corrected chi connectivity index (χ1v) is 8.04. The van der Waals surface area contributed by atoms with Gasteiger partial charge in [0.25, 0.3) is 0 Å². The molecule has 1 aromatic rings. The lowest BCUT2D eigenvalue weighted by Crippen LogP contribution is -2.44. The van der Waals surface area contributed by atoms with Gasteiger partial charge >= 0.3 is 0 Å². The van der Waals surface area contributed by atoms with Crippen molar-refractivity contribution in [3.05, 3.63) is 34.9 Å². The zero-order valence-corrected chi connectivity index (χ0v) is 13.1. The Morgan fingerprint density at radius 1 is 1.14 bits per heavy atom. The molecule has 0 amide bonds. The van der Waals surface area contributed by atoms with Gasteiger partial charge in [0.05, 0.1) is 11.6 Å². The molecule has 0 spiro atoms. The number of nitrogens with zero attached hydrogens (tertiary/aromatic N) is 2. The van der Waals surface area contributed by atoms with Crippen molar-refractivity contribution in [3.8, 4) is 6.07 Å². The summed E-state index contributed by atoms with van der Waals surface area (Å²) in [5.41, 5.74) is 3.48. The van der Waals surface area contributed by atoms with Crippen LogP contribution >= 0.6 is 0 Å². The van der Waals surface area contributed by atoms with E-state index in [0.29, 0.717) is 11.8 Å². The molecule has 0 unspecified atom stereocenters. The van der Waals surface area contributed by atoms with Gasteiger partial charge in [-0.25, -0.2) is 0 Å². The van der Waals surface area contributed by atoms with Crippen LogP contribution in [0.3, 0.4) is 0 Å². The number of rotatable bonds is 1. The van der Waals surface area contributed by atoms with Gasteiger partial charge in [-0.2, -0.15) is 5.26 Å². The Morgan fingerprint density at radius 2 is 1.86 bits per heavy atom. The van der Waals surface area contributed by atoms with E-state index in [-0.39, 0.29) is 0 Å². The summed E-state index contributed by atoms with van der Waals surface area (Å²) < 4.78 is 0. The van der Waals surface area contributed by atoms with E-state index < -0.39 is 0 Å². The van der Waals surface area contributed by atoms with E-state index >= 15 is 0 Å². The Balaban J connectivity index is 0.000000774. The minimum Gasteiger partial charge on any atom is -0.300 e. The van der Waals surface area contributed by atoms with Gasteiger partial charge in [-0.1, -0.05) is 19.9 Å². The number of benzene rings is 1. The van der Waals surface area contributed by atoms with Crippen molar-refractivity contribution >= 4 is 5.78 Å². The molecule has 1 saturated heterocycles. The fourth-order valence-corrected chi connectivity index (χ4v) is 3.26. The van der Waals surface area contributed by atoms with Gasteiger partial charge in [-0.05, 0) is 42.5 Å². The maximum Gasteiger partial charge on any atom is 0.135 e. The highest BCUT2D eigenvalue weighted by Gasteiger charge is 2.27. The fourth-order valence-electron chi connectivity index (χ4n) is 3.26. The van der Waals surface area contributed by atoms with E-state index in [1.807, 2.05) is 26.0 Å². The molecular formula is C18H24N2O. The first kappa shape index (κ1) is 15.7. The lowest BCUT2D eigenvalue weighted by Gasteiger charge is -2.37. The van der Waals surface area contributed by atoms with Gasteiger partial charge in [0.1, 0.15) is 5.78 Å². The number of likely N-dealkylation sites (tertiary alicyclic amines) is 1. The Bertz CT molecular complexity index is 535. The summed E-state index contributed by atoms with van der Waals surface area (Å²) >= 11 is 0. The van der Waals surface area contributed by atoms with E-state index in [1.165, 1.54) is 11.1 Å². The van der Waals surface area contributed by atoms with Crippen LogP contribution in [0.15, 0.2) is 18.2 Å². The molecule has 1 atom stereocenters. The third-order valence-electron chi connectivity index (χ3n) is 4.41. The van der Waals surface area contributed by atoms with Gasteiger partial charge in [0.15, 0.2) is 0 Å². The van der Waals surface area contributed by atoms with Crippen LogP contribution in [-0.2, 0) is 17.6 Å². The predicted molar refractivity (Wildman–Crippen MR) is 84.1 cm³/mol. The van der Waals surface area contributed by atoms with Crippen molar-refractivity contribution in [2.24, 2.45) is 0 Å². The summed E-state index contributed by atoms with van der Waals surface area (Å²) in [5.74, 6) is 0.408. The van der Waals surface area contributed by atoms with Crippen LogP contribution in [0.2, 0.25) is 0 Å². The van der Waals surface area contributed by atoms with E-state index in [4.69, 9.17) is 5.26 Å². The van der Waals surface area contributed by atoms with Crippen LogP contribution < -0.4 is 0 Å². The van der Waals surface area contributed by atoms with Crippen molar-refractivity contribution < 1.29 is 4.79 Å². The van der Waals surface area contributed by atoms with Gasteiger partial charge < -0.3 is 0 Å². The summed E-state index contributed by atoms with van der Waals surface area (Å²) in [7, 11) is 0. The Morgan fingerprint density at radius 3 is 2.52 bits per heavy atom. The molecule has 1 fully saturated rings. The first-order chi connectivity index (χ1) is 10.3. The van der Waals surface area contributed by atoms with Crippen molar-refractivity contribution in [1.82, 2.24) is 4.90 Å². The molecular weight excluding hydrogens is 260 g/mol. The molecule has 112 valence electrons. The summed E-state index contributed by atoms with van der Waals surface area (Å²) in [6, 6.07) is 8.84. The molecule has 1 aliphatic carbocycles. The monoisotopic (exact) mass is 284 g/mol. The molecule has 21 heavy (non-hydrogen) atoms. The molecule has 3 heteroatoms. The van der Waals surface area contributed by atoms with Crippen LogP contribution in [0.1, 0.15) is 49.8 Å². The number of carbonyl (C=O) groups is 1. The Labute approximate surface area is 127 Å². The number of hydrogen-bond acceptors (Lipinski definition) is 3. The lowest BCUT2D eigenvalue weighted by atomic mass is 9.86. The molecule has 1 aromatic carbocycles. The Hall–Kier alpha value is -1.66. The fraction of sp³-hybridized carbons (Fsp3) is 0.556. The number of Topliss-reactive ketones (excluding diaryl/α,β-unsaturated/α-hetero) is 1. The van der Waals surface area contributed by atoms with E-state index in [2.05, 4.69) is 17.0 Å². The third kappa shape index (κ3) is 3.71. The highest BCUT2D eigenvalue weighted by molar-refractivity contribution is 5.79. The molecule has 0 bridgehead atoms. The average Bonchev–Trinajstić information content (AvgIpc) is 2.56. The number of nitriles is 1. The van der Waals surface area contributed by atoms with Gasteiger partial charge in [-0.3, -0.25) is 9.69 Å². The number of carbonyl (C=O) groups excluding carboxylic acids is 1. The molecule has 0 saturated carbocycles. The van der Waals surface area contributed by atoms with Crippen LogP contribution in [0.25, 0.3) is 0 Å². The topological polar surface area (TPSA) is 44.1 Å². The molecule has 1 heterocycles. The number of aryl methyl sites for hydroxylation is 1. The maximum atomic E-state index is 11.3. The minimum atomic E-state index is 0.408. The van der Waals surface area contributed by atoms with E-state index in [9.17, 15) is 4.79 Å². The van der Waals surface area contributed by atoms with Crippen LogP contribution in [0.4, 0.5) is 0 Å². The van der Waals surface area contributed by atoms with Gasteiger partial charge in [-0.15, -0.1) is 0 Å². The third-order valence-corrected chi connectivity index (χ3v) is 4.41. The number of hydrogen-bond donors (Lipinski definition) is 0. The molecule has 0 N–H and O–H groups in total. The molecule has 3 rings (SSSR count). The van der Waals surface area contributed by atoms with Crippen LogP contribution in [0, 0.1) is 11.3 Å². The summed E-state index contributed by atoms with van der Waals surface area (Å²) in [6.45, 7) is 5.85. The molecule has 3 nitrogen and oxygen atoms in total. The number of fused-ring (bicyclic) bond motifs is 1. The largest absolute Gasteiger partial charge is 0.300 e. The lowest BCUT2D eigenvalue weighted by molar-refractivity contribution is -0.121. The van der Waals surface area contributed by atoms with E-state index in [0.717, 1.165) is 50.8 Å². The second kappa shape index (κ2) is 7.38. The standard InChI is InChI=1S/C16H18N2O.C2H6/c17-11-12-1-2-14-10-15(4-3-13(14)9-12)18-7-5-16(19)6-8-18;1-2/h1-2,9,15H,3-8,10H2;1-2H3/t15-;/m1./s1. The van der Waals surface area contributed by atoms with Crippen molar-refractivity contribution in [1.29, 1.82) is 5.26 Å². The minimum absolute atomic E-state index is 0.408. The molecule has 2 aliphatic rings. The predicted octanol–water partition coefficient (Wildman–Crippen LogP) is 3.11. The molecule has 1 aliphatic heterocycles. The summed E-state index contributed by atoms with van der Waals surface area (Å²) in [5, 5.41) is 8.93. The van der Waals surface area contributed by atoms with Crippen LogP contribution in [-0.4, -0.2) is 29.8 Å². The van der Waals surface area contributed by atoms with E-state index in [1.54, 1.807) is 0 Å². The quantitative estimate of drug-likeness (QED) is 0.796. The average molecular weight is 284 g/mol. The van der Waals surface area contributed by atoms with Crippen molar-refractivity contribution in [2.45, 2.75) is 52.0 Å². The highest BCUT2D eigenvalue weighted by atomic mass is 16.1. The normalized spacial score (nSPS) is 21.8.